The number of hydrogen-bond donors (Lipinski definition) is 1. The van der Waals surface area contributed by atoms with Crippen LogP contribution < -0.4 is 10.7 Å². The van der Waals surface area contributed by atoms with Crippen molar-refractivity contribution in [2.24, 2.45) is 0 Å². The van der Waals surface area contributed by atoms with Crippen molar-refractivity contribution in [1.82, 2.24) is 0 Å². The van der Waals surface area contributed by atoms with Crippen molar-refractivity contribution in [2.45, 2.75) is 26.2 Å². The van der Waals surface area contributed by atoms with E-state index >= 15 is 0 Å². The first-order valence-corrected chi connectivity index (χ1v) is 5.18. The molecule has 1 heterocycles. The molecule has 0 aliphatic rings. The Morgan fingerprint density at radius 2 is 2.31 bits per heavy atom. The molecule has 0 bridgehead atoms. The van der Waals surface area contributed by atoms with Crippen LogP contribution >= 0.6 is 0 Å². The lowest BCUT2D eigenvalue weighted by atomic mass is 10.1. The summed E-state index contributed by atoms with van der Waals surface area (Å²) >= 11 is 0. The number of aromatic nitrogens is 1. The average Bonchev–Trinajstić information content (AvgIpc) is 2.29. The molecular formula is C11H16FN2O2+. The van der Waals surface area contributed by atoms with Gasteiger partial charge in [-0.1, -0.05) is 13.3 Å². The summed E-state index contributed by atoms with van der Waals surface area (Å²) in [6.45, 7) is 2.01. The molecule has 0 unspecified atom stereocenters. The van der Waals surface area contributed by atoms with E-state index in [1.807, 2.05) is 6.92 Å². The van der Waals surface area contributed by atoms with Crippen LogP contribution in [0.1, 0.15) is 35.9 Å². The molecule has 0 aliphatic heterocycles. The topological polar surface area (TPSA) is 66.5 Å². The molecule has 0 amide bonds. The van der Waals surface area contributed by atoms with Crippen LogP contribution in [-0.4, -0.2) is 13.1 Å². The minimum Gasteiger partial charge on any atom is -0.461 e. The molecule has 0 radical (unpaired) electrons. The summed E-state index contributed by atoms with van der Waals surface area (Å²) < 4.78 is 18.1. The first-order chi connectivity index (χ1) is 7.60. The predicted molar refractivity (Wildman–Crippen MR) is 57.3 cm³/mol. The number of methoxy groups -OCH3 is 1. The number of pyridine rings is 1. The van der Waals surface area contributed by atoms with Crippen LogP contribution in [0.3, 0.4) is 0 Å². The van der Waals surface area contributed by atoms with Crippen molar-refractivity contribution in [2.75, 3.05) is 12.8 Å². The molecule has 16 heavy (non-hydrogen) atoms. The smallest absolute Gasteiger partial charge is 0.403 e. The van der Waals surface area contributed by atoms with E-state index in [0.717, 1.165) is 12.8 Å². The molecule has 0 aromatic carbocycles. The first-order valence-electron chi connectivity index (χ1n) is 5.18. The second-order valence-electron chi connectivity index (χ2n) is 3.53. The van der Waals surface area contributed by atoms with E-state index in [-0.39, 0.29) is 11.4 Å². The highest BCUT2D eigenvalue weighted by atomic mass is 19.1. The number of nitrogens with one attached hydrogen (secondary N) is 1. The summed E-state index contributed by atoms with van der Waals surface area (Å²) in [5, 5.41) is 0. The lowest BCUT2D eigenvalue weighted by Gasteiger charge is -2.01. The van der Waals surface area contributed by atoms with Gasteiger partial charge >= 0.3 is 5.97 Å². The number of hydrogen-bond acceptors (Lipinski definition) is 3. The summed E-state index contributed by atoms with van der Waals surface area (Å²) in [6, 6.07) is 1.25. The summed E-state index contributed by atoms with van der Waals surface area (Å²) in [6.07, 6.45) is 2.30. The van der Waals surface area contributed by atoms with Crippen molar-refractivity contribution in [3.05, 3.63) is 23.3 Å². The quantitative estimate of drug-likeness (QED) is 0.789. The summed E-state index contributed by atoms with van der Waals surface area (Å²) in [4.78, 5) is 14.0. The number of esters is 1. The number of halogens is 1. The Hall–Kier alpha value is -1.65. The van der Waals surface area contributed by atoms with Crippen LogP contribution in [0.2, 0.25) is 0 Å². The fourth-order valence-electron chi connectivity index (χ4n) is 1.39. The number of carbonyl (C=O) groups is 1. The van der Waals surface area contributed by atoms with Crippen molar-refractivity contribution >= 4 is 11.7 Å². The monoisotopic (exact) mass is 227 g/mol. The fraction of sp³-hybridized carbons (Fsp3) is 0.455. The molecule has 0 saturated carbocycles. The number of anilines is 1. The first kappa shape index (κ1) is 12.4. The van der Waals surface area contributed by atoms with Gasteiger partial charge in [0.1, 0.15) is 0 Å². The number of H-pyrrole nitrogens is 1. The Labute approximate surface area is 93.6 Å². The van der Waals surface area contributed by atoms with E-state index in [1.165, 1.54) is 13.2 Å². The highest BCUT2D eigenvalue weighted by molar-refractivity contribution is 5.86. The molecule has 1 aromatic heterocycles. The van der Waals surface area contributed by atoms with E-state index in [1.54, 1.807) is 0 Å². The van der Waals surface area contributed by atoms with E-state index in [2.05, 4.69) is 9.72 Å². The molecule has 0 saturated heterocycles. The second-order valence-corrected chi connectivity index (χ2v) is 3.53. The number of nitrogen functional groups attached to an aromatic ring is 1. The standard InChI is InChI=1S/C11H15FN2O2/c1-3-4-5-8-10(12)7(13)6-9(14-8)11(15)16-2/h6H,3-5H2,1-2H3,(H2,13,14)/p+1. The van der Waals surface area contributed by atoms with Crippen LogP contribution in [0.25, 0.3) is 0 Å². The van der Waals surface area contributed by atoms with Gasteiger partial charge in [0.15, 0.2) is 0 Å². The third-order valence-corrected chi connectivity index (χ3v) is 2.29. The molecule has 0 atom stereocenters. The molecule has 4 nitrogen and oxygen atoms in total. The zero-order valence-corrected chi connectivity index (χ0v) is 9.47. The number of unbranched alkanes of at least 4 members (excludes halogenated alkanes) is 1. The van der Waals surface area contributed by atoms with Gasteiger partial charge in [0.2, 0.25) is 11.5 Å². The number of aryl methyl sites for hydroxylation is 1. The highest BCUT2D eigenvalue weighted by Gasteiger charge is 2.21. The Morgan fingerprint density at radius 3 is 2.88 bits per heavy atom. The SMILES string of the molecule is CCCCc1[nH+]c(C(=O)OC)cc(N)c1F. The van der Waals surface area contributed by atoms with E-state index in [4.69, 9.17) is 5.73 Å². The van der Waals surface area contributed by atoms with Gasteiger partial charge in [-0.25, -0.2) is 9.78 Å². The Kier molecular flexibility index (Phi) is 4.22. The highest BCUT2D eigenvalue weighted by Crippen LogP contribution is 2.14. The van der Waals surface area contributed by atoms with Gasteiger partial charge in [-0.05, 0) is 6.42 Å². The summed E-state index contributed by atoms with van der Waals surface area (Å²) in [7, 11) is 1.27. The van der Waals surface area contributed by atoms with Gasteiger partial charge in [-0.3, -0.25) is 0 Å². The predicted octanol–water partition coefficient (Wildman–Crippen LogP) is 1.35. The third-order valence-electron chi connectivity index (χ3n) is 2.29. The maximum Gasteiger partial charge on any atom is 0.403 e. The lowest BCUT2D eigenvalue weighted by Crippen LogP contribution is -2.25. The van der Waals surface area contributed by atoms with Crippen LogP contribution in [0.5, 0.6) is 0 Å². The van der Waals surface area contributed by atoms with E-state index in [9.17, 15) is 9.18 Å². The van der Waals surface area contributed by atoms with Gasteiger partial charge in [0.05, 0.1) is 12.8 Å². The van der Waals surface area contributed by atoms with Gasteiger partial charge in [-0.15, -0.1) is 0 Å². The third kappa shape index (κ3) is 2.68. The van der Waals surface area contributed by atoms with Gasteiger partial charge in [0.25, 0.3) is 5.69 Å². The Bertz CT molecular complexity index is 394. The number of ether oxygens (including phenoxy) is 1. The summed E-state index contributed by atoms with van der Waals surface area (Å²) in [5.41, 5.74) is 5.97. The summed E-state index contributed by atoms with van der Waals surface area (Å²) in [5.74, 6) is -1.04. The molecule has 1 aromatic rings. The van der Waals surface area contributed by atoms with Crippen molar-refractivity contribution in [3.63, 3.8) is 0 Å². The van der Waals surface area contributed by atoms with Crippen LogP contribution in [-0.2, 0) is 11.2 Å². The molecule has 0 fully saturated rings. The van der Waals surface area contributed by atoms with Crippen LogP contribution in [0.4, 0.5) is 10.1 Å². The number of nitrogens with two attached hydrogens (primary N) is 1. The van der Waals surface area contributed by atoms with Crippen molar-refractivity contribution in [1.29, 1.82) is 0 Å². The molecule has 5 heteroatoms. The molecule has 0 spiro atoms. The zero-order valence-electron chi connectivity index (χ0n) is 9.47. The minimum absolute atomic E-state index is 0.0368. The maximum atomic E-state index is 13.6. The van der Waals surface area contributed by atoms with E-state index in [0.29, 0.717) is 12.1 Å². The molecule has 1 rings (SSSR count). The Balaban J connectivity index is 3.06. The number of aromatic amines is 1. The van der Waals surface area contributed by atoms with Gasteiger partial charge in [-0.2, -0.15) is 4.39 Å². The van der Waals surface area contributed by atoms with Gasteiger partial charge in [0, 0.05) is 12.5 Å². The maximum absolute atomic E-state index is 13.6. The fourth-order valence-corrected chi connectivity index (χ4v) is 1.39. The minimum atomic E-state index is -0.551. The average molecular weight is 227 g/mol. The largest absolute Gasteiger partial charge is 0.461 e. The van der Waals surface area contributed by atoms with Crippen LogP contribution in [0.15, 0.2) is 6.07 Å². The lowest BCUT2D eigenvalue weighted by molar-refractivity contribution is -0.398. The second kappa shape index (κ2) is 5.44. The van der Waals surface area contributed by atoms with Crippen molar-refractivity contribution in [3.8, 4) is 0 Å². The van der Waals surface area contributed by atoms with Crippen molar-refractivity contribution < 1.29 is 18.9 Å². The number of rotatable bonds is 4. The molecule has 3 N–H and O–H groups in total. The van der Waals surface area contributed by atoms with Crippen LogP contribution in [0, 0.1) is 5.82 Å². The molecule has 88 valence electrons. The Morgan fingerprint density at radius 1 is 1.62 bits per heavy atom. The molecular weight excluding hydrogens is 211 g/mol. The van der Waals surface area contributed by atoms with Gasteiger partial charge < -0.3 is 10.5 Å². The zero-order chi connectivity index (χ0) is 12.1. The molecule has 0 aliphatic carbocycles. The van der Waals surface area contributed by atoms with E-state index < -0.39 is 11.8 Å². The number of carbonyl (C=O) groups excluding carboxylic acids is 1. The normalized spacial score (nSPS) is 10.2.